The number of anilines is 1. The molecule has 1 N–H and O–H groups in total. The Bertz CT molecular complexity index is 629. The summed E-state index contributed by atoms with van der Waals surface area (Å²) in [6.07, 6.45) is 2.99. The van der Waals surface area contributed by atoms with Crippen molar-refractivity contribution in [2.45, 2.75) is 25.7 Å². The number of benzene rings is 1. The van der Waals surface area contributed by atoms with E-state index in [2.05, 4.69) is 5.32 Å². The maximum absolute atomic E-state index is 12.3. The van der Waals surface area contributed by atoms with Crippen LogP contribution in [0.25, 0.3) is 0 Å². The van der Waals surface area contributed by atoms with Gasteiger partial charge in [-0.3, -0.25) is 14.4 Å². The highest BCUT2D eigenvalue weighted by Crippen LogP contribution is 2.27. The average molecular weight is 315 g/mol. The van der Waals surface area contributed by atoms with Crippen molar-refractivity contribution in [1.29, 1.82) is 0 Å². The molecule has 2 aliphatic rings. The van der Waals surface area contributed by atoms with E-state index in [1.165, 1.54) is 4.90 Å². The second-order valence-electron chi connectivity index (χ2n) is 5.93. The molecule has 1 aromatic rings. The molecule has 0 aromatic heterocycles. The van der Waals surface area contributed by atoms with Crippen LogP contribution in [0.3, 0.4) is 0 Å². The smallest absolute Gasteiger partial charge is 0.316 e. The Morgan fingerprint density at radius 3 is 2.74 bits per heavy atom. The topological polar surface area (TPSA) is 69.7 Å². The minimum atomic E-state index is -0.575. The van der Waals surface area contributed by atoms with Gasteiger partial charge in [0.25, 0.3) is 0 Å². The number of rotatable bonds is 4. The number of fused-ring (bicyclic) bond motifs is 1. The number of hydrogen-bond acceptors (Lipinski definition) is 3. The number of carbonyl (C=O) groups excluding carboxylic acids is 3. The van der Waals surface area contributed by atoms with Crippen molar-refractivity contribution in [3.8, 4) is 0 Å². The zero-order valence-electron chi connectivity index (χ0n) is 13.1. The lowest BCUT2D eigenvalue weighted by Gasteiger charge is -2.17. The van der Waals surface area contributed by atoms with E-state index in [4.69, 9.17) is 0 Å². The number of nitrogens with zero attached hydrogens (tertiary/aromatic N) is 2. The molecule has 0 unspecified atom stereocenters. The highest BCUT2D eigenvalue weighted by atomic mass is 16.2. The summed E-state index contributed by atoms with van der Waals surface area (Å²) in [4.78, 5) is 39.1. The van der Waals surface area contributed by atoms with Gasteiger partial charge in [-0.2, -0.15) is 0 Å². The number of amides is 3. The quantitative estimate of drug-likeness (QED) is 0.657. The molecule has 2 aliphatic heterocycles. The van der Waals surface area contributed by atoms with Gasteiger partial charge < -0.3 is 15.1 Å². The van der Waals surface area contributed by atoms with Crippen LogP contribution < -0.4 is 10.2 Å². The molecule has 6 heteroatoms. The molecule has 23 heavy (non-hydrogen) atoms. The van der Waals surface area contributed by atoms with Crippen LogP contribution in [0.2, 0.25) is 0 Å². The second kappa shape index (κ2) is 6.81. The summed E-state index contributed by atoms with van der Waals surface area (Å²) >= 11 is 0. The average Bonchev–Trinajstić information content (AvgIpc) is 3.17. The lowest BCUT2D eigenvalue weighted by atomic mass is 10.2. The molecule has 0 atom stereocenters. The van der Waals surface area contributed by atoms with E-state index in [1.54, 1.807) is 0 Å². The van der Waals surface area contributed by atoms with Gasteiger partial charge in [0.1, 0.15) is 0 Å². The molecule has 0 saturated carbocycles. The summed E-state index contributed by atoms with van der Waals surface area (Å²) < 4.78 is 0. The number of nitrogens with one attached hydrogen (secondary N) is 1. The van der Waals surface area contributed by atoms with Crippen molar-refractivity contribution in [3.63, 3.8) is 0 Å². The minimum Gasteiger partial charge on any atom is -0.348 e. The zero-order chi connectivity index (χ0) is 16.2. The van der Waals surface area contributed by atoms with Crippen molar-refractivity contribution in [2.75, 3.05) is 31.1 Å². The molecule has 1 fully saturated rings. The van der Waals surface area contributed by atoms with Crippen LogP contribution in [-0.4, -0.2) is 48.8 Å². The Morgan fingerprint density at radius 1 is 1.13 bits per heavy atom. The number of para-hydroxylation sites is 1. The number of carbonyl (C=O) groups is 3. The van der Waals surface area contributed by atoms with Crippen LogP contribution in [0.1, 0.15) is 24.8 Å². The summed E-state index contributed by atoms with van der Waals surface area (Å²) in [5.74, 6) is -0.900. The van der Waals surface area contributed by atoms with Gasteiger partial charge >= 0.3 is 11.8 Å². The third-order valence-corrected chi connectivity index (χ3v) is 4.39. The van der Waals surface area contributed by atoms with E-state index in [0.29, 0.717) is 32.5 Å². The molecule has 1 saturated heterocycles. The molecule has 3 amide bonds. The molecular formula is C17H21N3O3. The van der Waals surface area contributed by atoms with Gasteiger partial charge in [0.15, 0.2) is 0 Å². The highest BCUT2D eigenvalue weighted by Gasteiger charge is 2.28. The highest BCUT2D eigenvalue weighted by molar-refractivity contribution is 6.40. The molecule has 0 bridgehead atoms. The monoisotopic (exact) mass is 315 g/mol. The summed E-state index contributed by atoms with van der Waals surface area (Å²) in [5.41, 5.74) is 1.93. The summed E-state index contributed by atoms with van der Waals surface area (Å²) in [6.45, 7) is 2.40. The van der Waals surface area contributed by atoms with Gasteiger partial charge in [-0.25, -0.2) is 0 Å². The summed E-state index contributed by atoms with van der Waals surface area (Å²) in [6, 6.07) is 7.65. The van der Waals surface area contributed by atoms with Gasteiger partial charge in [-0.05, 0) is 30.9 Å². The summed E-state index contributed by atoms with van der Waals surface area (Å²) in [5, 5.41) is 2.66. The van der Waals surface area contributed by atoms with Crippen LogP contribution in [0.5, 0.6) is 0 Å². The van der Waals surface area contributed by atoms with Crippen LogP contribution >= 0.6 is 0 Å². The fourth-order valence-corrected chi connectivity index (χ4v) is 3.16. The first-order valence-corrected chi connectivity index (χ1v) is 8.12. The fourth-order valence-electron chi connectivity index (χ4n) is 3.16. The molecule has 6 nitrogen and oxygen atoms in total. The third-order valence-electron chi connectivity index (χ3n) is 4.39. The van der Waals surface area contributed by atoms with Crippen molar-refractivity contribution >= 4 is 23.4 Å². The van der Waals surface area contributed by atoms with E-state index < -0.39 is 11.8 Å². The van der Waals surface area contributed by atoms with Crippen LogP contribution in [0, 0.1) is 0 Å². The SMILES string of the molecule is O=C(NCCCN1CCCC1=O)C(=O)N1CCc2ccccc21. The fraction of sp³-hybridized carbons (Fsp3) is 0.471. The van der Waals surface area contributed by atoms with E-state index in [0.717, 1.165) is 30.6 Å². The van der Waals surface area contributed by atoms with Crippen LogP contribution in [-0.2, 0) is 20.8 Å². The maximum Gasteiger partial charge on any atom is 0.316 e. The Morgan fingerprint density at radius 2 is 1.96 bits per heavy atom. The van der Waals surface area contributed by atoms with Gasteiger partial charge in [0.05, 0.1) is 0 Å². The van der Waals surface area contributed by atoms with Gasteiger partial charge in [0.2, 0.25) is 5.91 Å². The van der Waals surface area contributed by atoms with E-state index >= 15 is 0 Å². The minimum absolute atomic E-state index is 0.182. The maximum atomic E-state index is 12.3. The van der Waals surface area contributed by atoms with Crippen molar-refractivity contribution < 1.29 is 14.4 Å². The molecule has 1 aromatic carbocycles. The van der Waals surface area contributed by atoms with E-state index in [9.17, 15) is 14.4 Å². The molecule has 3 rings (SSSR count). The van der Waals surface area contributed by atoms with E-state index in [-0.39, 0.29) is 5.91 Å². The lowest BCUT2D eigenvalue weighted by molar-refractivity contribution is -0.137. The Balaban J connectivity index is 1.45. The molecule has 0 radical (unpaired) electrons. The van der Waals surface area contributed by atoms with E-state index in [1.807, 2.05) is 29.2 Å². The number of hydrogen-bond donors (Lipinski definition) is 1. The van der Waals surface area contributed by atoms with Gasteiger partial charge in [0, 0.05) is 38.3 Å². The first-order valence-electron chi connectivity index (χ1n) is 8.12. The second-order valence-corrected chi connectivity index (χ2v) is 5.93. The standard InChI is InChI=1S/C17H21N3O3/c21-15-7-3-10-19(15)11-4-9-18-16(22)17(23)20-12-8-13-5-1-2-6-14(13)20/h1-2,5-6H,3-4,7-12H2,(H,18,22). The zero-order valence-corrected chi connectivity index (χ0v) is 13.1. The lowest BCUT2D eigenvalue weighted by Crippen LogP contribution is -2.43. The molecule has 2 heterocycles. The van der Waals surface area contributed by atoms with Crippen molar-refractivity contribution in [3.05, 3.63) is 29.8 Å². The molecule has 0 aliphatic carbocycles. The van der Waals surface area contributed by atoms with Crippen molar-refractivity contribution in [2.24, 2.45) is 0 Å². The Kier molecular flexibility index (Phi) is 4.60. The third kappa shape index (κ3) is 3.36. The molecular weight excluding hydrogens is 294 g/mol. The summed E-state index contributed by atoms with van der Waals surface area (Å²) in [7, 11) is 0. The van der Waals surface area contributed by atoms with Gasteiger partial charge in [-0.15, -0.1) is 0 Å². The normalized spacial score (nSPS) is 16.6. The predicted molar refractivity (Wildman–Crippen MR) is 85.9 cm³/mol. The molecule has 122 valence electrons. The predicted octanol–water partition coefficient (Wildman–Crippen LogP) is 0.704. The first-order chi connectivity index (χ1) is 11.2. The Hall–Kier alpha value is -2.37. The van der Waals surface area contributed by atoms with Crippen molar-refractivity contribution in [1.82, 2.24) is 10.2 Å². The Labute approximate surface area is 135 Å². The van der Waals surface area contributed by atoms with Crippen LogP contribution in [0.4, 0.5) is 5.69 Å². The largest absolute Gasteiger partial charge is 0.348 e. The van der Waals surface area contributed by atoms with Crippen LogP contribution in [0.15, 0.2) is 24.3 Å². The first kappa shape index (κ1) is 15.5. The van der Waals surface area contributed by atoms with Gasteiger partial charge in [-0.1, -0.05) is 18.2 Å². The number of likely N-dealkylation sites (tertiary alicyclic amines) is 1. The molecule has 0 spiro atoms.